The molecular weight excluding hydrogens is 320 g/mol. The predicted octanol–water partition coefficient (Wildman–Crippen LogP) is -2.05. The standard InChI is InChI=1S/C13H18N6O5/c1-18(2)4-15-10-7-11(17-13(23)16-10)19(5-14-7)12-9(22)8(21)6(3-20)24-12/h4-6,8-9,12,20-22H,3H2,1-2H3,(H,16,17,23)/b15-4+/t6-,8?,9+,12-/m1/s1. The van der Waals surface area contributed by atoms with Crippen LogP contribution in [0.15, 0.2) is 16.1 Å². The molecule has 0 saturated carbocycles. The Hall–Kier alpha value is -2.34. The molecule has 0 amide bonds. The first-order valence-electron chi connectivity index (χ1n) is 7.22. The second-order valence-electron chi connectivity index (χ2n) is 5.65. The highest BCUT2D eigenvalue weighted by Gasteiger charge is 2.44. The topological polar surface area (TPSA) is 149 Å². The SMILES string of the molecule is CN(C)/C=N/c1[nH]c(=O)nc2c1ncn2[C@@H]1O[C@H](CO)C(O)[C@@H]1O. The number of ether oxygens (including phenoxy) is 1. The van der Waals surface area contributed by atoms with Gasteiger partial charge in [0.1, 0.15) is 18.3 Å². The average molecular weight is 338 g/mol. The maximum atomic E-state index is 11.8. The number of hydrogen-bond acceptors (Lipinski definition) is 8. The number of H-pyrrole nitrogens is 1. The molecule has 11 nitrogen and oxygen atoms in total. The second kappa shape index (κ2) is 6.28. The summed E-state index contributed by atoms with van der Waals surface area (Å²) in [5.41, 5.74) is -0.174. The van der Waals surface area contributed by atoms with Crippen molar-refractivity contribution >= 4 is 23.3 Å². The van der Waals surface area contributed by atoms with E-state index in [-0.39, 0.29) is 11.5 Å². The summed E-state index contributed by atoms with van der Waals surface area (Å²) in [5.74, 6) is 0.212. The monoisotopic (exact) mass is 338 g/mol. The van der Waals surface area contributed by atoms with Crippen molar-refractivity contribution in [3.8, 4) is 0 Å². The number of aromatic amines is 1. The van der Waals surface area contributed by atoms with Crippen LogP contribution < -0.4 is 5.69 Å². The van der Waals surface area contributed by atoms with Crippen molar-refractivity contribution in [1.29, 1.82) is 0 Å². The minimum atomic E-state index is -1.30. The van der Waals surface area contributed by atoms with Crippen LogP contribution in [-0.4, -0.2) is 85.1 Å². The Balaban J connectivity index is 2.07. The molecule has 2 aromatic heterocycles. The van der Waals surface area contributed by atoms with Crippen LogP contribution in [0.2, 0.25) is 0 Å². The lowest BCUT2D eigenvalue weighted by Crippen LogP contribution is -2.33. The molecule has 1 saturated heterocycles. The van der Waals surface area contributed by atoms with E-state index in [1.807, 2.05) is 0 Å². The van der Waals surface area contributed by atoms with Crippen molar-refractivity contribution in [3.05, 3.63) is 16.8 Å². The van der Waals surface area contributed by atoms with E-state index in [1.165, 1.54) is 17.2 Å². The molecule has 2 aromatic rings. The van der Waals surface area contributed by atoms with Gasteiger partial charge < -0.3 is 25.0 Å². The number of aliphatic hydroxyl groups is 3. The van der Waals surface area contributed by atoms with E-state index < -0.39 is 36.8 Å². The van der Waals surface area contributed by atoms with E-state index in [2.05, 4.69) is 19.9 Å². The lowest BCUT2D eigenvalue weighted by atomic mass is 10.1. The molecule has 24 heavy (non-hydrogen) atoms. The fourth-order valence-electron chi connectivity index (χ4n) is 2.48. The number of aliphatic imine (C=N–C) groups is 1. The van der Waals surface area contributed by atoms with Crippen LogP contribution >= 0.6 is 0 Å². The number of aromatic nitrogens is 4. The minimum absolute atomic E-state index is 0.152. The third-order valence-electron chi connectivity index (χ3n) is 3.63. The molecule has 1 aliphatic rings. The van der Waals surface area contributed by atoms with Crippen molar-refractivity contribution in [1.82, 2.24) is 24.4 Å². The van der Waals surface area contributed by atoms with Gasteiger partial charge in [-0.2, -0.15) is 4.98 Å². The summed E-state index contributed by atoms with van der Waals surface area (Å²) in [4.78, 5) is 28.1. The summed E-state index contributed by atoms with van der Waals surface area (Å²) >= 11 is 0. The van der Waals surface area contributed by atoms with Crippen molar-refractivity contribution in [2.45, 2.75) is 24.5 Å². The van der Waals surface area contributed by atoms with E-state index in [0.717, 1.165) is 0 Å². The van der Waals surface area contributed by atoms with E-state index >= 15 is 0 Å². The molecule has 4 N–H and O–H groups in total. The molecule has 3 rings (SSSR count). The van der Waals surface area contributed by atoms with E-state index in [0.29, 0.717) is 5.52 Å². The molecule has 1 aliphatic heterocycles. The zero-order valence-electron chi connectivity index (χ0n) is 13.1. The normalized spacial score (nSPS) is 27.4. The molecule has 0 radical (unpaired) electrons. The first-order chi connectivity index (χ1) is 11.4. The Morgan fingerprint density at radius 2 is 2.21 bits per heavy atom. The summed E-state index contributed by atoms with van der Waals surface area (Å²) in [7, 11) is 3.55. The van der Waals surface area contributed by atoms with Crippen molar-refractivity contribution in [2.75, 3.05) is 20.7 Å². The predicted molar refractivity (Wildman–Crippen MR) is 83.0 cm³/mol. The molecule has 11 heteroatoms. The maximum absolute atomic E-state index is 11.8. The molecule has 0 aromatic carbocycles. The Labute approximate surface area is 135 Å². The summed E-state index contributed by atoms with van der Waals surface area (Å²) in [5, 5.41) is 29.2. The van der Waals surface area contributed by atoms with Gasteiger partial charge in [0.2, 0.25) is 0 Å². The molecule has 1 fully saturated rings. The van der Waals surface area contributed by atoms with E-state index in [1.54, 1.807) is 19.0 Å². The van der Waals surface area contributed by atoms with Crippen LogP contribution in [-0.2, 0) is 4.74 Å². The largest absolute Gasteiger partial charge is 0.394 e. The van der Waals surface area contributed by atoms with E-state index in [4.69, 9.17) is 4.74 Å². The first-order valence-corrected chi connectivity index (χ1v) is 7.22. The summed E-state index contributed by atoms with van der Waals surface area (Å²) < 4.78 is 6.78. The van der Waals surface area contributed by atoms with Crippen LogP contribution in [0.4, 0.5) is 5.82 Å². The Bertz CT molecular complexity index is 815. The second-order valence-corrected chi connectivity index (χ2v) is 5.65. The van der Waals surface area contributed by atoms with Crippen molar-refractivity contribution in [3.63, 3.8) is 0 Å². The molecule has 130 valence electrons. The van der Waals surface area contributed by atoms with Crippen molar-refractivity contribution in [2.24, 2.45) is 4.99 Å². The van der Waals surface area contributed by atoms with Gasteiger partial charge in [-0.3, -0.25) is 9.55 Å². The molecular formula is C13H18N6O5. The molecule has 0 aliphatic carbocycles. The maximum Gasteiger partial charge on any atom is 0.348 e. The van der Waals surface area contributed by atoms with Gasteiger partial charge in [0, 0.05) is 14.1 Å². The summed E-state index contributed by atoms with van der Waals surface area (Å²) in [6.07, 6.45) is -1.69. The highest BCUT2D eigenvalue weighted by atomic mass is 16.6. The Kier molecular flexibility index (Phi) is 4.32. The number of fused-ring (bicyclic) bond motifs is 1. The lowest BCUT2D eigenvalue weighted by Gasteiger charge is -2.16. The van der Waals surface area contributed by atoms with Gasteiger partial charge in [-0.1, -0.05) is 0 Å². The molecule has 3 heterocycles. The lowest BCUT2D eigenvalue weighted by molar-refractivity contribution is -0.0511. The number of nitrogens with one attached hydrogen (secondary N) is 1. The minimum Gasteiger partial charge on any atom is -0.394 e. The van der Waals surface area contributed by atoms with Gasteiger partial charge in [0.05, 0.1) is 19.3 Å². The summed E-state index contributed by atoms with van der Waals surface area (Å²) in [6, 6.07) is 0. The number of aliphatic hydroxyl groups excluding tert-OH is 3. The van der Waals surface area contributed by atoms with Crippen LogP contribution in [0.3, 0.4) is 0 Å². The fraction of sp³-hybridized carbons (Fsp3) is 0.538. The van der Waals surface area contributed by atoms with Gasteiger partial charge in [-0.05, 0) is 0 Å². The molecule has 0 spiro atoms. The third-order valence-corrected chi connectivity index (χ3v) is 3.63. The quantitative estimate of drug-likeness (QED) is 0.368. The first kappa shape index (κ1) is 16.5. The molecule has 1 unspecified atom stereocenters. The zero-order chi connectivity index (χ0) is 17.4. The van der Waals surface area contributed by atoms with Crippen LogP contribution in [0.25, 0.3) is 11.2 Å². The van der Waals surface area contributed by atoms with Gasteiger partial charge in [0.15, 0.2) is 23.2 Å². The molecule has 0 bridgehead atoms. The van der Waals surface area contributed by atoms with Gasteiger partial charge in [0.25, 0.3) is 0 Å². The summed E-state index contributed by atoms with van der Waals surface area (Å²) in [6.45, 7) is -0.451. The zero-order valence-corrected chi connectivity index (χ0v) is 13.1. The van der Waals surface area contributed by atoms with Gasteiger partial charge in [-0.15, -0.1) is 0 Å². The number of imidazole rings is 1. The highest BCUT2D eigenvalue weighted by Crippen LogP contribution is 2.32. The van der Waals surface area contributed by atoms with Crippen molar-refractivity contribution < 1.29 is 20.1 Å². The van der Waals surface area contributed by atoms with Crippen LogP contribution in [0.1, 0.15) is 6.23 Å². The Morgan fingerprint density at radius 1 is 1.46 bits per heavy atom. The Morgan fingerprint density at radius 3 is 2.83 bits per heavy atom. The third kappa shape index (κ3) is 2.78. The number of rotatable bonds is 4. The van der Waals surface area contributed by atoms with Crippen LogP contribution in [0.5, 0.6) is 0 Å². The average Bonchev–Trinajstić information content (AvgIpc) is 3.07. The number of nitrogens with zero attached hydrogens (tertiary/aromatic N) is 5. The molecule has 4 atom stereocenters. The fourth-order valence-corrected chi connectivity index (χ4v) is 2.48. The van der Waals surface area contributed by atoms with Gasteiger partial charge >= 0.3 is 5.69 Å². The van der Waals surface area contributed by atoms with Crippen LogP contribution in [0, 0.1) is 0 Å². The highest BCUT2D eigenvalue weighted by molar-refractivity contribution is 5.82. The smallest absolute Gasteiger partial charge is 0.348 e. The van der Waals surface area contributed by atoms with Gasteiger partial charge in [-0.25, -0.2) is 14.8 Å². The number of hydrogen-bond donors (Lipinski definition) is 4. The van der Waals surface area contributed by atoms with E-state index in [9.17, 15) is 20.1 Å².